The third-order valence-electron chi connectivity index (χ3n) is 2.22. The van der Waals surface area contributed by atoms with Crippen LogP contribution in [0, 0.1) is 0 Å². The highest BCUT2D eigenvalue weighted by Crippen LogP contribution is 2.09. The van der Waals surface area contributed by atoms with Gasteiger partial charge in [0, 0.05) is 32.4 Å². The number of amides is 1. The van der Waals surface area contributed by atoms with E-state index in [-0.39, 0.29) is 25.7 Å². The summed E-state index contributed by atoms with van der Waals surface area (Å²) in [5.74, 6) is -0.588. The van der Waals surface area contributed by atoms with Crippen LogP contribution in [0.1, 0.15) is 10.4 Å². The fourth-order valence-corrected chi connectivity index (χ4v) is 1.30. The molecule has 1 amide bonds. The number of nitrogens with zero attached hydrogens (tertiary/aromatic N) is 2. The van der Waals surface area contributed by atoms with E-state index in [2.05, 4.69) is 10.3 Å². The van der Waals surface area contributed by atoms with Crippen molar-refractivity contribution in [3.8, 4) is 0 Å². The first-order chi connectivity index (χ1) is 9.00. The zero-order valence-electron chi connectivity index (χ0n) is 10.9. The van der Waals surface area contributed by atoms with Crippen molar-refractivity contribution in [1.82, 2.24) is 10.3 Å². The van der Waals surface area contributed by atoms with Crippen LogP contribution in [0.15, 0.2) is 18.3 Å². The zero-order valence-corrected chi connectivity index (χ0v) is 10.9. The molecule has 1 rings (SSSR count). The average molecular weight is 267 g/mol. The van der Waals surface area contributed by atoms with E-state index < -0.39 is 5.97 Å². The SMILES string of the molecule is CN(C)c1cc(C(=O)NCCOCC(=O)O)ccn1. The Balaban J connectivity index is 2.41. The predicted octanol–water partition coefficient (Wildman–Crippen LogP) is -0.0214. The summed E-state index contributed by atoms with van der Waals surface area (Å²) in [5, 5.41) is 11.0. The molecule has 0 aliphatic carbocycles. The van der Waals surface area contributed by atoms with Gasteiger partial charge in [-0.15, -0.1) is 0 Å². The summed E-state index contributed by atoms with van der Waals surface area (Å²) in [6.07, 6.45) is 1.56. The van der Waals surface area contributed by atoms with Gasteiger partial charge in [0.05, 0.1) is 6.61 Å². The lowest BCUT2D eigenvalue weighted by molar-refractivity contribution is -0.142. The maximum Gasteiger partial charge on any atom is 0.329 e. The van der Waals surface area contributed by atoms with Crippen molar-refractivity contribution < 1.29 is 19.4 Å². The molecule has 0 radical (unpaired) electrons. The van der Waals surface area contributed by atoms with E-state index >= 15 is 0 Å². The molecule has 104 valence electrons. The second-order valence-electron chi connectivity index (χ2n) is 4.00. The number of aliphatic carboxylic acids is 1. The lowest BCUT2D eigenvalue weighted by Crippen LogP contribution is -2.28. The lowest BCUT2D eigenvalue weighted by Gasteiger charge is -2.12. The first-order valence-electron chi connectivity index (χ1n) is 5.72. The van der Waals surface area contributed by atoms with Crippen molar-refractivity contribution >= 4 is 17.7 Å². The average Bonchev–Trinajstić information content (AvgIpc) is 2.37. The first-order valence-corrected chi connectivity index (χ1v) is 5.72. The third kappa shape index (κ3) is 5.35. The van der Waals surface area contributed by atoms with Crippen LogP contribution in [0.5, 0.6) is 0 Å². The molecule has 0 fully saturated rings. The monoisotopic (exact) mass is 267 g/mol. The van der Waals surface area contributed by atoms with E-state index in [1.165, 1.54) is 0 Å². The van der Waals surface area contributed by atoms with Crippen molar-refractivity contribution in [3.05, 3.63) is 23.9 Å². The molecule has 1 aromatic rings. The summed E-state index contributed by atoms with van der Waals surface area (Å²) in [6.45, 7) is 0.0469. The second kappa shape index (κ2) is 7.32. The molecular weight excluding hydrogens is 250 g/mol. The lowest BCUT2D eigenvalue weighted by atomic mass is 10.2. The molecule has 0 atom stereocenters. The fourth-order valence-electron chi connectivity index (χ4n) is 1.30. The molecule has 0 aliphatic rings. The van der Waals surface area contributed by atoms with Crippen LogP contribution in [0.2, 0.25) is 0 Å². The number of carboxylic acids is 1. The maximum absolute atomic E-state index is 11.8. The van der Waals surface area contributed by atoms with E-state index in [0.29, 0.717) is 11.4 Å². The van der Waals surface area contributed by atoms with Crippen LogP contribution < -0.4 is 10.2 Å². The van der Waals surface area contributed by atoms with Crippen LogP contribution >= 0.6 is 0 Å². The van der Waals surface area contributed by atoms with Gasteiger partial charge in [-0.1, -0.05) is 0 Å². The van der Waals surface area contributed by atoms with Crippen LogP contribution in [-0.4, -0.2) is 55.8 Å². The molecule has 0 unspecified atom stereocenters. The molecule has 0 bridgehead atoms. The fraction of sp³-hybridized carbons (Fsp3) is 0.417. The molecule has 0 saturated carbocycles. The number of carbonyl (C=O) groups is 2. The van der Waals surface area contributed by atoms with Crippen molar-refractivity contribution in [2.45, 2.75) is 0 Å². The molecule has 7 nitrogen and oxygen atoms in total. The van der Waals surface area contributed by atoms with Gasteiger partial charge in [-0.2, -0.15) is 0 Å². The Labute approximate surface area is 111 Å². The Kier molecular flexibility index (Phi) is 5.74. The normalized spacial score (nSPS) is 10.0. The molecule has 7 heteroatoms. The maximum atomic E-state index is 11.8. The molecule has 0 spiro atoms. The largest absolute Gasteiger partial charge is 0.480 e. The number of carbonyl (C=O) groups excluding carboxylic acids is 1. The Morgan fingerprint density at radius 2 is 2.21 bits per heavy atom. The third-order valence-corrected chi connectivity index (χ3v) is 2.22. The van der Waals surface area contributed by atoms with Crippen molar-refractivity contribution in [2.75, 3.05) is 38.8 Å². The number of ether oxygens (including phenoxy) is 1. The Morgan fingerprint density at radius 1 is 1.47 bits per heavy atom. The van der Waals surface area contributed by atoms with Gasteiger partial charge >= 0.3 is 5.97 Å². The highest BCUT2D eigenvalue weighted by atomic mass is 16.5. The number of carboxylic acid groups (broad SMARTS) is 1. The first kappa shape index (κ1) is 14.9. The standard InChI is InChI=1S/C12H17N3O4/c1-15(2)10-7-9(3-4-13-10)12(18)14-5-6-19-8-11(16)17/h3-4,7H,5-6,8H2,1-2H3,(H,14,18)(H,16,17). The molecular formula is C12H17N3O4. The van der Waals surface area contributed by atoms with Gasteiger partial charge in [0.2, 0.25) is 0 Å². The molecule has 1 aromatic heterocycles. The quantitative estimate of drug-likeness (QED) is 0.674. The van der Waals surface area contributed by atoms with E-state index in [4.69, 9.17) is 9.84 Å². The summed E-state index contributed by atoms with van der Waals surface area (Å²) in [7, 11) is 3.67. The topological polar surface area (TPSA) is 91.8 Å². The van der Waals surface area contributed by atoms with E-state index in [1.807, 2.05) is 14.1 Å². The zero-order chi connectivity index (χ0) is 14.3. The second-order valence-corrected chi connectivity index (χ2v) is 4.00. The number of anilines is 1. The summed E-state index contributed by atoms with van der Waals surface area (Å²) in [5.41, 5.74) is 0.497. The molecule has 2 N–H and O–H groups in total. The minimum Gasteiger partial charge on any atom is -0.480 e. The van der Waals surface area contributed by atoms with Crippen LogP contribution in [-0.2, 0) is 9.53 Å². The Morgan fingerprint density at radius 3 is 2.84 bits per heavy atom. The van der Waals surface area contributed by atoms with E-state index in [1.54, 1.807) is 23.2 Å². The molecule has 19 heavy (non-hydrogen) atoms. The van der Waals surface area contributed by atoms with Crippen molar-refractivity contribution in [1.29, 1.82) is 0 Å². The highest BCUT2D eigenvalue weighted by molar-refractivity contribution is 5.94. The Hall–Kier alpha value is -2.15. The Bertz CT molecular complexity index is 448. The number of pyridine rings is 1. The van der Waals surface area contributed by atoms with Gasteiger partial charge in [0.25, 0.3) is 5.91 Å². The number of aromatic nitrogens is 1. The smallest absolute Gasteiger partial charge is 0.329 e. The summed E-state index contributed by atoms with van der Waals surface area (Å²) in [6, 6.07) is 3.29. The number of rotatable bonds is 7. The summed E-state index contributed by atoms with van der Waals surface area (Å²) >= 11 is 0. The van der Waals surface area contributed by atoms with Crippen LogP contribution in [0.4, 0.5) is 5.82 Å². The number of hydrogen-bond acceptors (Lipinski definition) is 5. The van der Waals surface area contributed by atoms with E-state index in [9.17, 15) is 9.59 Å². The predicted molar refractivity (Wildman–Crippen MR) is 69.4 cm³/mol. The summed E-state index contributed by atoms with van der Waals surface area (Å²) in [4.78, 5) is 27.9. The van der Waals surface area contributed by atoms with Gasteiger partial charge < -0.3 is 20.1 Å². The minimum absolute atomic E-state index is 0.156. The van der Waals surface area contributed by atoms with Crippen LogP contribution in [0.3, 0.4) is 0 Å². The van der Waals surface area contributed by atoms with Crippen molar-refractivity contribution in [3.63, 3.8) is 0 Å². The molecule has 0 aliphatic heterocycles. The van der Waals surface area contributed by atoms with Crippen molar-refractivity contribution in [2.24, 2.45) is 0 Å². The van der Waals surface area contributed by atoms with Gasteiger partial charge in [-0.25, -0.2) is 9.78 Å². The summed E-state index contributed by atoms with van der Waals surface area (Å²) < 4.78 is 4.81. The van der Waals surface area contributed by atoms with E-state index in [0.717, 1.165) is 0 Å². The minimum atomic E-state index is -1.03. The van der Waals surface area contributed by atoms with Gasteiger partial charge in [-0.05, 0) is 12.1 Å². The molecule has 1 heterocycles. The van der Waals surface area contributed by atoms with Gasteiger partial charge in [0.1, 0.15) is 12.4 Å². The number of nitrogens with one attached hydrogen (secondary N) is 1. The highest BCUT2D eigenvalue weighted by Gasteiger charge is 2.07. The van der Waals surface area contributed by atoms with Gasteiger partial charge in [0.15, 0.2) is 0 Å². The number of hydrogen-bond donors (Lipinski definition) is 2. The van der Waals surface area contributed by atoms with Gasteiger partial charge in [-0.3, -0.25) is 4.79 Å². The van der Waals surface area contributed by atoms with Crippen LogP contribution in [0.25, 0.3) is 0 Å². The molecule has 0 saturated heterocycles. The molecule has 0 aromatic carbocycles.